The van der Waals surface area contributed by atoms with Crippen molar-refractivity contribution in [1.29, 1.82) is 0 Å². The van der Waals surface area contributed by atoms with Gasteiger partial charge in [-0.25, -0.2) is 0 Å². The Morgan fingerprint density at radius 2 is 1.42 bits per heavy atom. The van der Waals surface area contributed by atoms with Crippen LogP contribution in [0.5, 0.6) is 0 Å². The Bertz CT molecular complexity index is 92.0. The highest BCUT2D eigenvalue weighted by molar-refractivity contribution is 4.62. The molecule has 2 heteroatoms. The average molecular weight is 172 g/mol. The molecule has 0 aromatic carbocycles. The lowest BCUT2D eigenvalue weighted by atomic mass is 10.1. The lowest BCUT2D eigenvalue weighted by molar-refractivity contribution is 0.117. The molecule has 0 spiro atoms. The van der Waals surface area contributed by atoms with Crippen LogP contribution in [0.1, 0.15) is 32.6 Å². The van der Waals surface area contributed by atoms with Gasteiger partial charge in [-0.3, -0.25) is 9.80 Å². The third-order valence-corrected chi connectivity index (χ3v) is 2.26. The normalized spacial score (nSPS) is 12.0. The summed E-state index contributed by atoms with van der Waals surface area (Å²) in [7, 11) is 8.60. The Morgan fingerprint density at radius 3 is 1.75 bits per heavy atom. The molecule has 0 fully saturated rings. The molecular formula is C10H24N2. The zero-order chi connectivity index (χ0) is 9.56. The Labute approximate surface area is 77.5 Å². The molecule has 0 atom stereocenters. The summed E-state index contributed by atoms with van der Waals surface area (Å²) in [6.07, 6.45) is 5.91. The second-order valence-electron chi connectivity index (χ2n) is 3.90. The van der Waals surface area contributed by atoms with E-state index in [1.807, 2.05) is 0 Å². The van der Waals surface area contributed by atoms with Crippen molar-refractivity contribution in [2.24, 2.45) is 0 Å². The van der Waals surface area contributed by atoms with E-state index < -0.39 is 0 Å². The maximum atomic E-state index is 2.29. The maximum Gasteiger partial charge on any atom is 0.0612 e. The second-order valence-corrected chi connectivity index (χ2v) is 3.90. The molecule has 0 aliphatic rings. The van der Waals surface area contributed by atoms with E-state index in [1.54, 1.807) is 0 Å². The third-order valence-electron chi connectivity index (χ3n) is 2.26. The molecule has 0 heterocycles. The monoisotopic (exact) mass is 172 g/mol. The Balaban J connectivity index is 3.64. The van der Waals surface area contributed by atoms with Gasteiger partial charge < -0.3 is 0 Å². The van der Waals surface area contributed by atoms with Crippen LogP contribution >= 0.6 is 0 Å². The molecule has 12 heavy (non-hydrogen) atoms. The molecule has 0 N–H and O–H groups in total. The van der Waals surface area contributed by atoms with Crippen LogP contribution in [0.4, 0.5) is 0 Å². The molecule has 0 unspecified atom stereocenters. The van der Waals surface area contributed by atoms with Crippen molar-refractivity contribution in [2.45, 2.75) is 38.8 Å². The first kappa shape index (κ1) is 11.9. The van der Waals surface area contributed by atoms with Gasteiger partial charge in [0.25, 0.3) is 0 Å². The summed E-state index contributed by atoms with van der Waals surface area (Å²) >= 11 is 0. The summed E-state index contributed by atoms with van der Waals surface area (Å²) in [5.74, 6) is 0. The van der Waals surface area contributed by atoms with Crippen LogP contribution < -0.4 is 0 Å². The van der Waals surface area contributed by atoms with Crippen LogP contribution in [0.25, 0.3) is 0 Å². The zero-order valence-electron chi connectivity index (χ0n) is 9.30. The fourth-order valence-corrected chi connectivity index (χ4v) is 1.56. The topological polar surface area (TPSA) is 6.48 Å². The van der Waals surface area contributed by atoms with Gasteiger partial charge in [0, 0.05) is 0 Å². The molecule has 0 radical (unpaired) electrons. The molecule has 0 bridgehead atoms. The van der Waals surface area contributed by atoms with Gasteiger partial charge in [-0.05, 0) is 34.6 Å². The smallest absolute Gasteiger partial charge is 0.0612 e. The summed E-state index contributed by atoms with van der Waals surface area (Å²) in [4.78, 5) is 4.57. The minimum absolute atomic E-state index is 0.608. The summed E-state index contributed by atoms with van der Waals surface area (Å²) in [5.41, 5.74) is 0. The number of hydrogen-bond donors (Lipinski definition) is 0. The van der Waals surface area contributed by atoms with Gasteiger partial charge in [0.05, 0.1) is 6.17 Å². The highest BCUT2D eigenvalue weighted by Gasteiger charge is 2.11. The van der Waals surface area contributed by atoms with E-state index in [0.29, 0.717) is 6.17 Å². The minimum atomic E-state index is 0.608. The first-order valence-corrected chi connectivity index (χ1v) is 4.92. The van der Waals surface area contributed by atoms with Crippen LogP contribution in [0.15, 0.2) is 0 Å². The van der Waals surface area contributed by atoms with Crippen molar-refractivity contribution in [3.05, 3.63) is 0 Å². The molecule has 0 amide bonds. The van der Waals surface area contributed by atoms with E-state index in [1.165, 1.54) is 25.7 Å². The van der Waals surface area contributed by atoms with Gasteiger partial charge in [0.1, 0.15) is 0 Å². The van der Waals surface area contributed by atoms with E-state index in [-0.39, 0.29) is 0 Å². The molecule has 0 aromatic rings. The van der Waals surface area contributed by atoms with Gasteiger partial charge in [0.2, 0.25) is 0 Å². The van der Waals surface area contributed by atoms with E-state index in [0.717, 1.165) is 0 Å². The molecule has 2 nitrogen and oxygen atoms in total. The quantitative estimate of drug-likeness (QED) is 0.447. The number of nitrogens with zero attached hydrogens (tertiary/aromatic N) is 2. The van der Waals surface area contributed by atoms with Crippen molar-refractivity contribution >= 4 is 0 Å². The fourth-order valence-electron chi connectivity index (χ4n) is 1.56. The highest BCUT2D eigenvalue weighted by atomic mass is 15.3. The SMILES string of the molecule is CCCCCC(N(C)C)N(C)C. The lowest BCUT2D eigenvalue weighted by Gasteiger charge is -2.30. The Kier molecular flexibility index (Phi) is 6.39. The maximum absolute atomic E-state index is 2.29. The van der Waals surface area contributed by atoms with Gasteiger partial charge >= 0.3 is 0 Å². The molecule has 0 aromatic heterocycles. The van der Waals surface area contributed by atoms with Crippen LogP contribution in [0, 0.1) is 0 Å². The van der Waals surface area contributed by atoms with Crippen molar-refractivity contribution < 1.29 is 0 Å². The third kappa shape index (κ3) is 4.73. The van der Waals surface area contributed by atoms with Crippen LogP contribution in [0.2, 0.25) is 0 Å². The molecule has 0 aliphatic heterocycles. The predicted molar refractivity (Wildman–Crippen MR) is 55.3 cm³/mol. The van der Waals surface area contributed by atoms with E-state index in [4.69, 9.17) is 0 Å². The zero-order valence-corrected chi connectivity index (χ0v) is 9.30. The van der Waals surface area contributed by atoms with Crippen LogP contribution in [0.3, 0.4) is 0 Å². The van der Waals surface area contributed by atoms with Crippen molar-refractivity contribution in [2.75, 3.05) is 28.2 Å². The highest BCUT2D eigenvalue weighted by Crippen LogP contribution is 2.08. The van der Waals surface area contributed by atoms with Gasteiger partial charge in [-0.2, -0.15) is 0 Å². The molecule has 0 aliphatic carbocycles. The van der Waals surface area contributed by atoms with Crippen molar-refractivity contribution in [3.8, 4) is 0 Å². The Hall–Kier alpha value is -0.0800. The summed E-state index contributed by atoms with van der Waals surface area (Å²) < 4.78 is 0. The summed E-state index contributed by atoms with van der Waals surface area (Å²) in [6.45, 7) is 2.25. The molecule has 0 saturated carbocycles. The van der Waals surface area contributed by atoms with Crippen LogP contribution in [-0.4, -0.2) is 44.2 Å². The number of rotatable bonds is 6. The van der Waals surface area contributed by atoms with E-state index in [2.05, 4.69) is 44.9 Å². The first-order valence-electron chi connectivity index (χ1n) is 4.92. The largest absolute Gasteiger partial charge is 0.294 e. The fraction of sp³-hybridized carbons (Fsp3) is 1.00. The van der Waals surface area contributed by atoms with Gasteiger partial charge in [-0.15, -0.1) is 0 Å². The van der Waals surface area contributed by atoms with Crippen molar-refractivity contribution in [1.82, 2.24) is 9.80 Å². The summed E-state index contributed by atoms with van der Waals surface area (Å²) in [5, 5.41) is 0. The minimum Gasteiger partial charge on any atom is -0.294 e. The molecule has 0 saturated heterocycles. The molecular weight excluding hydrogens is 148 g/mol. The standard InChI is InChI=1S/C10H24N2/c1-6-7-8-9-10(11(2)3)12(4)5/h10H,6-9H2,1-5H3. The number of unbranched alkanes of at least 4 members (excludes halogenated alkanes) is 2. The van der Waals surface area contributed by atoms with Gasteiger partial charge in [-0.1, -0.05) is 26.2 Å². The van der Waals surface area contributed by atoms with Crippen LogP contribution in [-0.2, 0) is 0 Å². The first-order chi connectivity index (χ1) is 5.59. The molecule has 0 rings (SSSR count). The average Bonchev–Trinajstić information content (AvgIpc) is 1.96. The van der Waals surface area contributed by atoms with Gasteiger partial charge in [0.15, 0.2) is 0 Å². The van der Waals surface area contributed by atoms with E-state index >= 15 is 0 Å². The predicted octanol–water partition coefficient (Wildman–Crippen LogP) is 2.02. The Morgan fingerprint density at radius 1 is 0.917 bits per heavy atom. The lowest BCUT2D eigenvalue weighted by Crippen LogP contribution is -2.40. The number of hydrogen-bond acceptors (Lipinski definition) is 2. The summed E-state index contributed by atoms with van der Waals surface area (Å²) in [6, 6.07) is 0. The molecule has 74 valence electrons. The second kappa shape index (κ2) is 6.44. The van der Waals surface area contributed by atoms with Crippen molar-refractivity contribution in [3.63, 3.8) is 0 Å². The van der Waals surface area contributed by atoms with E-state index in [9.17, 15) is 0 Å².